The summed E-state index contributed by atoms with van der Waals surface area (Å²) in [6.45, 7) is 6.53. The van der Waals surface area contributed by atoms with Crippen molar-refractivity contribution in [3.63, 3.8) is 0 Å². The molecule has 24 heavy (non-hydrogen) atoms. The summed E-state index contributed by atoms with van der Waals surface area (Å²) in [4.78, 5) is 0.0704. The SMILES string of the molecule is CC(C)(C)N[C@H](C1CCCCN1)S(=O)(=O)c1ccc(C(F)F)cc1. The molecule has 0 aliphatic carbocycles. The largest absolute Gasteiger partial charge is 0.311 e. The molecule has 7 heteroatoms. The van der Waals surface area contributed by atoms with Gasteiger partial charge in [-0.05, 0) is 52.3 Å². The molecule has 4 nitrogen and oxygen atoms in total. The van der Waals surface area contributed by atoms with E-state index in [4.69, 9.17) is 0 Å². The van der Waals surface area contributed by atoms with Crippen LogP contribution in [0.3, 0.4) is 0 Å². The van der Waals surface area contributed by atoms with Crippen molar-refractivity contribution in [2.75, 3.05) is 6.54 Å². The van der Waals surface area contributed by atoms with E-state index in [2.05, 4.69) is 10.6 Å². The number of halogens is 2. The highest BCUT2D eigenvalue weighted by Gasteiger charge is 2.37. The first-order chi connectivity index (χ1) is 11.1. The second kappa shape index (κ2) is 7.45. The molecule has 0 spiro atoms. The second-order valence-electron chi connectivity index (χ2n) is 7.29. The molecule has 136 valence electrons. The zero-order valence-electron chi connectivity index (χ0n) is 14.4. The van der Waals surface area contributed by atoms with Crippen LogP contribution in [-0.4, -0.2) is 31.9 Å². The maximum atomic E-state index is 13.1. The summed E-state index contributed by atoms with van der Waals surface area (Å²) in [6.07, 6.45) is 0.161. The van der Waals surface area contributed by atoms with Gasteiger partial charge in [0.05, 0.1) is 4.90 Å². The summed E-state index contributed by atoms with van der Waals surface area (Å²) in [5.74, 6) is 0. The third kappa shape index (κ3) is 4.74. The fraction of sp³-hybridized carbons (Fsp3) is 0.647. The first-order valence-electron chi connectivity index (χ1n) is 8.24. The van der Waals surface area contributed by atoms with E-state index in [9.17, 15) is 17.2 Å². The minimum absolute atomic E-state index is 0.0704. The normalized spacial score (nSPS) is 21.0. The van der Waals surface area contributed by atoms with Crippen LogP contribution < -0.4 is 10.6 Å². The number of hydrogen-bond acceptors (Lipinski definition) is 4. The molecule has 0 saturated carbocycles. The Hall–Kier alpha value is -1.05. The Bertz CT molecular complexity index is 634. The Balaban J connectivity index is 2.34. The van der Waals surface area contributed by atoms with Crippen molar-refractivity contribution in [2.45, 2.75) is 68.3 Å². The number of hydrogen-bond donors (Lipinski definition) is 2. The maximum absolute atomic E-state index is 13.1. The predicted molar refractivity (Wildman–Crippen MR) is 90.9 cm³/mol. The van der Waals surface area contributed by atoms with Crippen LogP contribution in [-0.2, 0) is 9.84 Å². The second-order valence-corrected chi connectivity index (χ2v) is 9.36. The molecule has 2 rings (SSSR count). The van der Waals surface area contributed by atoms with Crippen molar-refractivity contribution < 1.29 is 17.2 Å². The summed E-state index contributed by atoms with van der Waals surface area (Å²) in [5, 5.41) is 5.69. The van der Waals surface area contributed by atoms with E-state index in [1.807, 2.05) is 20.8 Å². The Labute approximate surface area is 142 Å². The van der Waals surface area contributed by atoms with E-state index in [0.717, 1.165) is 25.8 Å². The van der Waals surface area contributed by atoms with E-state index in [-0.39, 0.29) is 22.0 Å². The molecule has 1 fully saturated rings. The molecule has 0 aromatic heterocycles. The molecule has 1 saturated heterocycles. The van der Waals surface area contributed by atoms with Crippen LogP contribution in [0.5, 0.6) is 0 Å². The van der Waals surface area contributed by atoms with Gasteiger partial charge in [-0.1, -0.05) is 18.6 Å². The van der Waals surface area contributed by atoms with Gasteiger partial charge in [-0.15, -0.1) is 0 Å². The summed E-state index contributed by atoms with van der Waals surface area (Å²) in [7, 11) is -3.69. The number of rotatable bonds is 5. The van der Waals surface area contributed by atoms with Gasteiger partial charge in [0.1, 0.15) is 5.37 Å². The first kappa shape index (κ1) is 19.3. The van der Waals surface area contributed by atoms with E-state index in [0.29, 0.717) is 0 Å². The van der Waals surface area contributed by atoms with Crippen molar-refractivity contribution in [2.24, 2.45) is 0 Å². The molecule has 1 aliphatic rings. The fourth-order valence-electron chi connectivity index (χ4n) is 2.91. The fourth-order valence-corrected chi connectivity index (χ4v) is 4.89. The Morgan fingerprint density at radius 3 is 2.25 bits per heavy atom. The van der Waals surface area contributed by atoms with Gasteiger partial charge in [0.2, 0.25) is 0 Å². The highest BCUT2D eigenvalue weighted by Crippen LogP contribution is 2.25. The Morgan fingerprint density at radius 1 is 1.17 bits per heavy atom. The summed E-state index contributed by atoms with van der Waals surface area (Å²) < 4.78 is 51.6. The van der Waals surface area contributed by atoms with Gasteiger partial charge in [0, 0.05) is 17.1 Å². The minimum atomic E-state index is -3.69. The van der Waals surface area contributed by atoms with Crippen molar-refractivity contribution in [3.8, 4) is 0 Å². The third-order valence-electron chi connectivity index (χ3n) is 4.08. The molecule has 0 radical (unpaired) electrons. The molecule has 1 aliphatic heterocycles. The van der Waals surface area contributed by atoms with Crippen LogP contribution in [0, 0.1) is 0 Å². The molecule has 1 heterocycles. The number of sulfone groups is 1. The van der Waals surface area contributed by atoms with Crippen molar-refractivity contribution in [1.29, 1.82) is 0 Å². The van der Waals surface area contributed by atoms with Gasteiger partial charge in [0.15, 0.2) is 9.84 Å². The molecule has 1 aromatic rings. The van der Waals surface area contributed by atoms with Crippen LogP contribution in [0.1, 0.15) is 52.0 Å². The average Bonchev–Trinajstić information content (AvgIpc) is 2.52. The van der Waals surface area contributed by atoms with Crippen LogP contribution in [0.25, 0.3) is 0 Å². The van der Waals surface area contributed by atoms with Gasteiger partial charge < -0.3 is 5.32 Å². The zero-order valence-corrected chi connectivity index (χ0v) is 15.2. The highest BCUT2D eigenvalue weighted by molar-refractivity contribution is 7.92. The van der Waals surface area contributed by atoms with Gasteiger partial charge >= 0.3 is 0 Å². The van der Waals surface area contributed by atoms with Crippen molar-refractivity contribution >= 4 is 9.84 Å². The molecule has 0 bridgehead atoms. The lowest BCUT2D eigenvalue weighted by Gasteiger charge is -2.36. The van der Waals surface area contributed by atoms with Crippen LogP contribution >= 0.6 is 0 Å². The minimum Gasteiger partial charge on any atom is -0.311 e. The molecule has 2 N–H and O–H groups in total. The molecule has 0 amide bonds. The number of benzene rings is 1. The molecular formula is C17H26F2N2O2S. The van der Waals surface area contributed by atoms with Gasteiger partial charge in [-0.3, -0.25) is 5.32 Å². The van der Waals surface area contributed by atoms with Crippen LogP contribution in [0.4, 0.5) is 8.78 Å². The summed E-state index contributed by atoms with van der Waals surface area (Å²) in [5.41, 5.74) is -0.565. The predicted octanol–water partition coefficient (Wildman–Crippen LogP) is 3.25. The molecular weight excluding hydrogens is 334 g/mol. The van der Waals surface area contributed by atoms with Gasteiger partial charge in [0.25, 0.3) is 6.43 Å². The number of nitrogens with one attached hydrogen (secondary N) is 2. The summed E-state index contributed by atoms with van der Waals surface area (Å²) in [6, 6.07) is 4.71. The lowest BCUT2D eigenvalue weighted by atomic mass is 10.0. The van der Waals surface area contributed by atoms with Crippen molar-refractivity contribution in [3.05, 3.63) is 29.8 Å². The first-order valence-corrected chi connectivity index (χ1v) is 9.79. The summed E-state index contributed by atoms with van der Waals surface area (Å²) >= 11 is 0. The third-order valence-corrected chi connectivity index (χ3v) is 6.13. The standard InChI is InChI=1S/C17H26F2N2O2S/c1-17(2,3)21-16(14-6-4-5-11-20-14)24(22,23)13-9-7-12(8-10-13)15(18)19/h7-10,14-16,20-21H,4-6,11H2,1-3H3/t14?,16-/m0/s1. The average molecular weight is 360 g/mol. The number of alkyl halides is 2. The monoisotopic (exact) mass is 360 g/mol. The zero-order chi connectivity index (χ0) is 18.0. The quantitative estimate of drug-likeness (QED) is 0.846. The highest BCUT2D eigenvalue weighted by atomic mass is 32.2. The van der Waals surface area contributed by atoms with Gasteiger partial charge in [-0.2, -0.15) is 0 Å². The van der Waals surface area contributed by atoms with E-state index in [1.54, 1.807) is 0 Å². The Morgan fingerprint density at radius 2 is 1.79 bits per heavy atom. The molecule has 1 unspecified atom stereocenters. The van der Waals surface area contributed by atoms with Crippen LogP contribution in [0.2, 0.25) is 0 Å². The van der Waals surface area contributed by atoms with Crippen LogP contribution in [0.15, 0.2) is 29.2 Å². The lowest BCUT2D eigenvalue weighted by Crippen LogP contribution is -2.58. The Kier molecular flexibility index (Phi) is 5.99. The van der Waals surface area contributed by atoms with Crippen molar-refractivity contribution in [1.82, 2.24) is 10.6 Å². The molecule has 2 atom stereocenters. The van der Waals surface area contributed by atoms with Gasteiger partial charge in [-0.25, -0.2) is 17.2 Å². The molecule has 1 aromatic carbocycles. The smallest absolute Gasteiger partial charge is 0.263 e. The van der Waals surface area contributed by atoms with E-state index in [1.165, 1.54) is 24.3 Å². The van der Waals surface area contributed by atoms with E-state index >= 15 is 0 Å². The maximum Gasteiger partial charge on any atom is 0.263 e. The number of piperidine rings is 1. The lowest BCUT2D eigenvalue weighted by molar-refractivity contribution is 0.151. The topological polar surface area (TPSA) is 58.2 Å². The van der Waals surface area contributed by atoms with E-state index < -0.39 is 21.6 Å².